The van der Waals surface area contributed by atoms with Gasteiger partial charge in [0.25, 0.3) is 0 Å². The summed E-state index contributed by atoms with van der Waals surface area (Å²) in [5.74, 6) is -0.616. The molecule has 0 aromatic rings. The highest BCUT2D eigenvalue weighted by Gasteiger charge is 2.26. The quantitative estimate of drug-likeness (QED) is 0.414. The molecule has 60 valence electrons. The molecule has 0 radical (unpaired) electrons. The third-order valence-electron chi connectivity index (χ3n) is 0.882. The molecule has 1 atom stereocenters. The molecule has 0 aliphatic heterocycles. The molecule has 0 saturated heterocycles. The first-order chi connectivity index (χ1) is 4.34. The molecule has 0 aliphatic carbocycles. The van der Waals surface area contributed by atoms with Crippen molar-refractivity contribution in [1.82, 2.24) is 0 Å². The molecule has 0 heterocycles. The van der Waals surface area contributed by atoms with Crippen molar-refractivity contribution < 1.29 is 19.7 Å². The minimum absolute atomic E-state index is 0.616. The van der Waals surface area contributed by atoms with Crippen LogP contribution in [0.3, 0.4) is 0 Å². The summed E-state index contributed by atoms with van der Waals surface area (Å²) in [6, 6.07) is 0. The highest BCUT2D eigenvalue weighted by molar-refractivity contribution is 5.66. The van der Waals surface area contributed by atoms with Gasteiger partial charge in [0.05, 0.1) is 0 Å². The smallest absolute Gasteiger partial charge is 0.305 e. The summed E-state index contributed by atoms with van der Waals surface area (Å²) in [7, 11) is 0. The van der Waals surface area contributed by atoms with Crippen molar-refractivity contribution in [3.8, 4) is 0 Å². The largest absolute Gasteiger partial charge is 0.433 e. The van der Waals surface area contributed by atoms with Crippen LogP contribution < -0.4 is 0 Å². The molecule has 4 nitrogen and oxygen atoms in total. The Kier molecular flexibility index (Phi) is 2.80. The first kappa shape index (κ1) is 9.39. The van der Waals surface area contributed by atoms with Crippen LogP contribution in [0.2, 0.25) is 0 Å². The number of ether oxygens (including phenoxy) is 1. The minimum atomic E-state index is -1.45. The molecule has 0 rings (SSSR count). The predicted molar refractivity (Wildman–Crippen MR) is 34.1 cm³/mol. The van der Waals surface area contributed by atoms with Crippen LogP contribution in [0.5, 0.6) is 0 Å². The maximum atomic E-state index is 10.2. The monoisotopic (exact) mass is 148 g/mol. The fourth-order valence-electron chi connectivity index (χ4n) is 0.301. The van der Waals surface area contributed by atoms with E-state index in [1.54, 1.807) is 0 Å². The SMILES string of the molecule is CC(=O)OC(O)C(C)(C)O. The topological polar surface area (TPSA) is 66.8 Å². The highest BCUT2D eigenvalue weighted by Crippen LogP contribution is 2.08. The lowest BCUT2D eigenvalue weighted by Gasteiger charge is -2.22. The molecule has 0 spiro atoms. The molecule has 0 aliphatic rings. The van der Waals surface area contributed by atoms with Gasteiger partial charge in [0.2, 0.25) is 6.29 Å². The van der Waals surface area contributed by atoms with Gasteiger partial charge in [-0.25, -0.2) is 0 Å². The van der Waals surface area contributed by atoms with Crippen molar-refractivity contribution >= 4 is 5.97 Å². The average molecular weight is 148 g/mol. The maximum absolute atomic E-state index is 10.2. The zero-order chi connectivity index (χ0) is 8.36. The second-order valence-corrected chi connectivity index (χ2v) is 2.62. The number of esters is 1. The van der Waals surface area contributed by atoms with Gasteiger partial charge in [0.1, 0.15) is 5.60 Å². The molecule has 0 fully saturated rings. The fraction of sp³-hybridized carbons (Fsp3) is 0.833. The van der Waals surface area contributed by atoms with Gasteiger partial charge in [-0.3, -0.25) is 4.79 Å². The summed E-state index contributed by atoms with van der Waals surface area (Å²) < 4.78 is 4.28. The van der Waals surface area contributed by atoms with E-state index in [1.165, 1.54) is 13.8 Å². The van der Waals surface area contributed by atoms with E-state index in [-0.39, 0.29) is 0 Å². The molecule has 0 saturated carbocycles. The highest BCUT2D eigenvalue weighted by atomic mass is 16.6. The van der Waals surface area contributed by atoms with E-state index >= 15 is 0 Å². The van der Waals surface area contributed by atoms with E-state index in [9.17, 15) is 4.79 Å². The van der Waals surface area contributed by atoms with Crippen molar-refractivity contribution in [2.45, 2.75) is 32.7 Å². The predicted octanol–water partition coefficient (Wildman–Crippen LogP) is -0.361. The van der Waals surface area contributed by atoms with Gasteiger partial charge in [-0.05, 0) is 13.8 Å². The van der Waals surface area contributed by atoms with Crippen LogP contribution in [0.1, 0.15) is 20.8 Å². The standard InChI is InChI=1S/C6H12O4/c1-4(7)10-5(8)6(2,3)9/h5,8-9H,1-3H3. The summed E-state index contributed by atoms with van der Waals surface area (Å²) in [5, 5.41) is 17.9. The fourth-order valence-corrected chi connectivity index (χ4v) is 0.301. The van der Waals surface area contributed by atoms with Crippen LogP contribution in [-0.2, 0) is 9.53 Å². The van der Waals surface area contributed by atoms with Gasteiger partial charge in [-0.15, -0.1) is 0 Å². The molecule has 2 N–H and O–H groups in total. The van der Waals surface area contributed by atoms with Gasteiger partial charge in [0, 0.05) is 6.92 Å². The van der Waals surface area contributed by atoms with Gasteiger partial charge < -0.3 is 14.9 Å². The van der Waals surface area contributed by atoms with Crippen molar-refractivity contribution in [2.24, 2.45) is 0 Å². The molecule has 10 heavy (non-hydrogen) atoms. The molecular formula is C6H12O4. The molecular weight excluding hydrogens is 136 g/mol. The summed E-state index contributed by atoms with van der Waals surface area (Å²) in [4.78, 5) is 10.2. The number of aliphatic hydroxyl groups is 2. The number of carbonyl (C=O) groups is 1. The summed E-state index contributed by atoms with van der Waals surface area (Å²) >= 11 is 0. The molecule has 1 unspecified atom stereocenters. The van der Waals surface area contributed by atoms with Gasteiger partial charge >= 0.3 is 5.97 Å². The van der Waals surface area contributed by atoms with Crippen molar-refractivity contribution in [1.29, 1.82) is 0 Å². The van der Waals surface area contributed by atoms with Crippen LogP contribution in [0.25, 0.3) is 0 Å². The number of hydrogen-bond acceptors (Lipinski definition) is 4. The second kappa shape index (κ2) is 2.98. The van der Waals surface area contributed by atoms with Crippen LogP contribution in [0, 0.1) is 0 Å². The Morgan fingerprint density at radius 3 is 2.10 bits per heavy atom. The maximum Gasteiger partial charge on any atom is 0.305 e. The number of carbonyl (C=O) groups excluding carboxylic acids is 1. The Balaban J connectivity index is 3.85. The first-order valence-electron chi connectivity index (χ1n) is 2.91. The Bertz CT molecular complexity index is 124. The van der Waals surface area contributed by atoms with E-state index in [0.717, 1.165) is 6.92 Å². The number of aliphatic hydroxyl groups excluding tert-OH is 1. The minimum Gasteiger partial charge on any atom is -0.433 e. The van der Waals surface area contributed by atoms with E-state index < -0.39 is 17.9 Å². The Morgan fingerprint density at radius 1 is 1.60 bits per heavy atom. The third kappa shape index (κ3) is 3.42. The van der Waals surface area contributed by atoms with Gasteiger partial charge in [0.15, 0.2) is 0 Å². The van der Waals surface area contributed by atoms with Crippen LogP contribution in [0.4, 0.5) is 0 Å². The molecule has 0 amide bonds. The summed E-state index contributed by atoms with van der Waals surface area (Å²) in [6.07, 6.45) is -1.45. The Hall–Kier alpha value is -0.610. The van der Waals surface area contributed by atoms with E-state index in [0.29, 0.717) is 0 Å². The van der Waals surface area contributed by atoms with E-state index in [1.807, 2.05) is 0 Å². The number of rotatable bonds is 2. The molecule has 0 aromatic heterocycles. The van der Waals surface area contributed by atoms with Crippen LogP contribution >= 0.6 is 0 Å². The lowest BCUT2D eigenvalue weighted by atomic mass is 10.1. The molecule has 4 heteroatoms. The average Bonchev–Trinajstić information content (AvgIpc) is 1.60. The summed E-state index contributed by atoms with van der Waals surface area (Å²) in [6.45, 7) is 3.86. The summed E-state index contributed by atoms with van der Waals surface area (Å²) in [5.41, 5.74) is -1.40. The van der Waals surface area contributed by atoms with Crippen LogP contribution in [0.15, 0.2) is 0 Å². The molecule has 0 aromatic carbocycles. The lowest BCUT2D eigenvalue weighted by molar-refractivity contribution is -0.204. The van der Waals surface area contributed by atoms with Crippen molar-refractivity contribution in [3.63, 3.8) is 0 Å². The number of hydrogen-bond donors (Lipinski definition) is 2. The van der Waals surface area contributed by atoms with E-state index in [4.69, 9.17) is 10.2 Å². The third-order valence-corrected chi connectivity index (χ3v) is 0.882. The first-order valence-corrected chi connectivity index (χ1v) is 2.91. The second-order valence-electron chi connectivity index (χ2n) is 2.62. The van der Waals surface area contributed by atoms with Crippen molar-refractivity contribution in [2.75, 3.05) is 0 Å². The van der Waals surface area contributed by atoms with Gasteiger partial charge in [-0.2, -0.15) is 0 Å². The van der Waals surface area contributed by atoms with E-state index in [2.05, 4.69) is 4.74 Å². The lowest BCUT2D eigenvalue weighted by Crippen LogP contribution is -2.38. The Morgan fingerprint density at radius 2 is 2.00 bits per heavy atom. The zero-order valence-electron chi connectivity index (χ0n) is 6.29. The Labute approximate surface area is 59.4 Å². The van der Waals surface area contributed by atoms with Crippen molar-refractivity contribution in [3.05, 3.63) is 0 Å². The molecule has 0 bridgehead atoms. The van der Waals surface area contributed by atoms with Crippen LogP contribution in [-0.4, -0.2) is 28.1 Å². The normalized spacial score (nSPS) is 14.5. The van der Waals surface area contributed by atoms with Gasteiger partial charge in [-0.1, -0.05) is 0 Å². The zero-order valence-corrected chi connectivity index (χ0v) is 6.29.